The number of hydrogen-bond donors (Lipinski definition) is 0. The van der Waals surface area contributed by atoms with Crippen LogP contribution in [0.3, 0.4) is 0 Å². The second-order valence-electron chi connectivity index (χ2n) is 6.41. The fourth-order valence-electron chi connectivity index (χ4n) is 2.80. The van der Waals surface area contributed by atoms with Gasteiger partial charge in [0.2, 0.25) is 5.91 Å². The predicted molar refractivity (Wildman–Crippen MR) is 79.5 cm³/mol. The second kappa shape index (κ2) is 5.20. The molecule has 1 amide bonds. The number of aryl methyl sites for hydroxylation is 1. The van der Waals surface area contributed by atoms with Gasteiger partial charge in [0.05, 0.1) is 13.1 Å². The van der Waals surface area contributed by atoms with Crippen molar-refractivity contribution < 1.29 is 9.53 Å². The zero-order valence-electron chi connectivity index (χ0n) is 12.8. The van der Waals surface area contributed by atoms with Gasteiger partial charge in [-0.15, -0.1) is 0 Å². The number of hydrogen-bond acceptors (Lipinski definition) is 3. The maximum Gasteiger partial charge on any atom is 0.254 e. The molecule has 0 spiro atoms. The molecule has 0 N–H and O–H groups in total. The lowest BCUT2D eigenvalue weighted by Gasteiger charge is -2.39. The van der Waals surface area contributed by atoms with Crippen LogP contribution in [-0.2, 0) is 4.79 Å². The molecule has 21 heavy (non-hydrogen) atoms. The fraction of sp³-hybridized carbons (Fsp3) is 0.625. The zero-order valence-corrected chi connectivity index (χ0v) is 12.8. The van der Waals surface area contributed by atoms with Crippen molar-refractivity contribution in [2.24, 2.45) is 5.92 Å². The number of pyridine rings is 1. The van der Waals surface area contributed by atoms with E-state index in [4.69, 9.17) is 4.74 Å². The highest BCUT2D eigenvalue weighted by Crippen LogP contribution is 2.35. The monoisotopic (exact) mass is 290 g/mol. The molecule has 2 heterocycles. The molecule has 0 unspecified atom stereocenters. The lowest BCUT2D eigenvalue weighted by Crippen LogP contribution is -2.57. The van der Waals surface area contributed by atoms with Crippen molar-refractivity contribution in [1.82, 2.24) is 9.47 Å². The molecule has 3 rings (SSSR count). The van der Waals surface area contributed by atoms with E-state index in [1.807, 2.05) is 31.4 Å². The number of rotatable bonds is 4. The normalized spacial score (nSPS) is 18.8. The van der Waals surface area contributed by atoms with Gasteiger partial charge >= 0.3 is 0 Å². The maximum atomic E-state index is 12.1. The first-order valence-electron chi connectivity index (χ1n) is 7.64. The summed E-state index contributed by atoms with van der Waals surface area (Å²) in [6.45, 7) is 6.97. The van der Waals surface area contributed by atoms with E-state index in [0.717, 1.165) is 18.5 Å². The third kappa shape index (κ3) is 2.82. The van der Waals surface area contributed by atoms with E-state index in [0.29, 0.717) is 24.9 Å². The quantitative estimate of drug-likeness (QED) is 0.848. The minimum atomic E-state index is 0.00303. The first-order chi connectivity index (χ1) is 9.95. The molecule has 114 valence electrons. The number of nitrogens with zero attached hydrogens (tertiary/aromatic N) is 2. The summed E-state index contributed by atoms with van der Waals surface area (Å²) < 4.78 is 7.67. The highest BCUT2D eigenvalue weighted by molar-refractivity contribution is 5.79. The van der Waals surface area contributed by atoms with Gasteiger partial charge in [0.1, 0.15) is 11.9 Å². The van der Waals surface area contributed by atoms with Crippen molar-refractivity contribution in [3.63, 3.8) is 0 Å². The Bertz CT molecular complexity index is 610. The van der Waals surface area contributed by atoms with Gasteiger partial charge in [-0.3, -0.25) is 9.59 Å². The molecule has 1 saturated carbocycles. The molecule has 0 bridgehead atoms. The Balaban J connectivity index is 1.62. The molecule has 0 aromatic carbocycles. The molecule has 1 aromatic heterocycles. The molecule has 0 radical (unpaired) electrons. The van der Waals surface area contributed by atoms with Crippen LogP contribution >= 0.6 is 0 Å². The van der Waals surface area contributed by atoms with Crippen LogP contribution in [0.15, 0.2) is 16.9 Å². The molecular weight excluding hydrogens is 268 g/mol. The standard InChI is InChI=1S/C16H22N2O3/c1-10(2)16(20)17-8-14(9-17)21-13-6-11(3)18(12-4-5-12)15(19)7-13/h6-7,10,12,14H,4-5,8-9H2,1-3H3. The first kappa shape index (κ1) is 14.2. The highest BCUT2D eigenvalue weighted by atomic mass is 16.5. The molecule has 5 nitrogen and oxygen atoms in total. The average molecular weight is 290 g/mol. The number of carbonyl (C=O) groups is 1. The van der Waals surface area contributed by atoms with Crippen molar-refractivity contribution >= 4 is 5.91 Å². The Morgan fingerprint density at radius 1 is 1.29 bits per heavy atom. The van der Waals surface area contributed by atoms with Crippen LogP contribution in [-0.4, -0.2) is 34.6 Å². The van der Waals surface area contributed by atoms with Gasteiger partial charge < -0.3 is 14.2 Å². The summed E-state index contributed by atoms with van der Waals surface area (Å²) in [5.41, 5.74) is 0.969. The Morgan fingerprint density at radius 2 is 1.95 bits per heavy atom. The fourth-order valence-corrected chi connectivity index (χ4v) is 2.80. The third-order valence-corrected chi connectivity index (χ3v) is 4.10. The Labute approximate surface area is 124 Å². The number of likely N-dealkylation sites (tertiary alicyclic amines) is 1. The van der Waals surface area contributed by atoms with Crippen LogP contribution in [0.1, 0.15) is 38.4 Å². The van der Waals surface area contributed by atoms with Crippen molar-refractivity contribution in [3.8, 4) is 5.75 Å². The summed E-state index contributed by atoms with van der Waals surface area (Å²) in [5, 5.41) is 0. The summed E-state index contributed by atoms with van der Waals surface area (Å²) in [6, 6.07) is 3.87. The average Bonchev–Trinajstić information content (AvgIpc) is 3.16. The molecule has 1 saturated heterocycles. The minimum Gasteiger partial charge on any atom is -0.486 e. The van der Waals surface area contributed by atoms with E-state index in [2.05, 4.69) is 0 Å². The predicted octanol–water partition coefficient (Wildman–Crippen LogP) is 1.74. The van der Waals surface area contributed by atoms with Gasteiger partial charge in [0, 0.05) is 23.7 Å². The van der Waals surface area contributed by atoms with Crippen LogP contribution < -0.4 is 10.3 Å². The Kier molecular flexibility index (Phi) is 3.51. The van der Waals surface area contributed by atoms with Crippen LogP contribution in [0.4, 0.5) is 0 Å². The van der Waals surface area contributed by atoms with Gasteiger partial charge in [-0.2, -0.15) is 0 Å². The topological polar surface area (TPSA) is 51.5 Å². The van der Waals surface area contributed by atoms with E-state index < -0.39 is 0 Å². The summed E-state index contributed by atoms with van der Waals surface area (Å²) in [5.74, 6) is 0.807. The molecular formula is C16H22N2O3. The van der Waals surface area contributed by atoms with E-state index in [1.165, 1.54) is 0 Å². The minimum absolute atomic E-state index is 0.00303. The maximum absolute atomic E-state index is 12.1. The van der Waals surface area contributed by atoms with Gasteiger partial charge in [-0.1, -0.05) is 13.8 Å². The summed E-state index contributed by atoms with van der Waals surface area (Å²) in [6.07, 6.45) is 2.19. The Hall–Kier alpha value is -1.78. The number of carbonyl (C=O) groups excluding carboxylic acids is 1. The van der Waals surface area contributed by atoms with Crippen molar-refractivity contribution in [1.29, 1.82) is 0 Å². The molecule has 2 fully saturated rings. The lowest BCUT2D eigenvalue weighted by atomic mass is 10.1. The SMILES string of the molecule is Cc1cc(OC2CN(C(=O)C(C)C)C2)cc(=O)n1C1CC1. The number of aromatic nitrogens is 1. The summed E-state index contributed by atoms with van der Waals surface area (Å²) in [7, 11) is 0. The largest absolute Gasteiger partial charge is 0.486 e. The summed E-state index contributed by atoms with van der Waals surface area (Å²) in [4.78, 5) is 25.7. The summed E-state index contributed by atoms with van der Waals surface area (Å²) >= 11 is 0. The van der Waals surface area contributed by atoms with Crippen LogP contribution in [0.2, 0.25) is 0 Å². The third-order valence-electron chi connectivity index (χ3n) is 4.10. The van der Waals surface area contributed by atoms with Crippen molar-refractivity contribution in [2.45, 2.75) is 45.8 Å². The Morgan fingerprint density at radius 3 is 2.48 bits per heavy atom. The number of ether oxygens (including phenoxy) is 1. The molecule has 1 aromatic rings. The van der Waals surface area contributed by atoms with E-state index >= 15 is 0 Å². The van der Waals surface area contributed by atoms with Gasteiger partial charge in [-0.05, 0) is 25.8 Å². The first-order valence-corrected chi connectivity index (χ1v) is 7.64. The van der Waals surface area contributed by atoms with Gasteiger partial charge in [0.15, 0.2) is 0 Å². The molecule has 0 atom stereocenters. The van der Waals surface area contributed by atoms with Gasteiger partial charge in [-0.25, -0.2) is 0 Å². The zero-order chi connectivity index (χ0) is 15.1. The second-order valence-corrected chi connectivity index (χ2v) is 6.41. The van der Waals surface area contributed by atoms with E-state index in [1.54, 1.807) is 11.0 Å². The van der Waals surface area contributed by atoms with Crippen LogP contribution in [0.25, 0.3) is 0 Å². The van der Waals surface area contributed by atoms with Crippen LogP contribution in [0.5, 0.6) is 5.75 Å². The van der Waals surface area contributed by atoms with Gasteiger partial charge in [0.25, 0.3) is 5.56 Å². The smallest absolute Gasteiger partial charge is 0.254 e. The molecule has 1 aliphatic heterocycles. The highest BCUT2D eigenvalue weighted by Gasteiger charge is 2.33. The van der Waals surface area contributed by atoms with Crippen molar-refractivity contribution in [2.75, 3.05) is 13.1 Å². The number of amides is 1. The molecule has 1 aliphatic carbocycles. The molecule has 5 heteroatoms. The van der Waals surface area contributed by atoms with E-state index in [-0.39, 0.29) is 23.5 Å². The van der Waals surface area contributed by atoms with Crippen LogP contribution in [0, 0.1) is 12.8 Å². The molecule has 2 aliphatic rings. The van der Waals surface area contributed by atoms with E-state index in [9.17, 15) is 9.59 Å². The lowest BCUT2D eigenvalue weighted by molar-refractivity contribution is -0.143. The van der Waals surface area contributed by atoms with Crippen molar-refractivity contribution in [3.05, 3.63) is 28.2 Å².